The maximum absolute atomic E-state index is 5.08. The van der Waals surface area contributed by atoms with Crippen LogP contribution in [0.3, 0.4) is 0 Å². The lowest BCUT2D eigenvalue weighted by atomic mass is 9.86. The van der Waals surface area contributed by atoms with Crippen molar-refractivity contribution in [3.8, 4) is 0 Å². The minimum atomic E-state index is 0.165. The van der Waals surface area contributed by atoms with Crippen molar-refractivity contribution in [1.29, 1.82) is 0 Å². The van der Waals surface area contributed by atoms with E-state index in [1.54, 1.807) is 6.08 Å². The molecule has 4 heteroatoms. The van der Waals surface area contributed by atoms with Crippen LogP contribution in [-0.4, -0.2) is 17.4 Å². The number of nitrogens with one attached hydrogen (secondary N) is 2. The number of hydrazone groups is 1. The lowest BCUT2D eigenvalue weighted by Gasteiger charge is -2.19. The van der Waals surface area contributed by atoms with E-state index in [0.717, 1.165) is 11.3 Å². The standard InChI is InChI=1S/C16H23N3S/c1-6-11-17-15(20)19-18-12(2)13-7-9-14(10-8-13)16(3,4)5/h6-10H,1,11H2,2-5H3,(H2,17,19,20)/b18-12+. The highest BCUT2D eigenvalue weighted by molar-refractivity contribution is 7.80. The minimum absolute atomic E-state index is 0.165. The normalized spacial score (nSPS) is 11.9. The average molecular weight is 289 g/mol. The first-order valence-electron chi connectivity index (χ1n) is 6.64. The zero-order valence-corrected chi connectivity index (χ0v) is 13.5. The van der Waals surface area contributed by atoms with Crippen LogP contribution in [0, 0.1) is 0 Å². The molecule has 0 aliphatic heterocycles. The minimum Gasteiger partial charge on any atom is -0.358 e. The summed E-state index contributed by atoms with van der Waals surface area (Å²) < 4.78 is 0. The maximum atomic E-state index is 5.08. The predicted molar refractivity (Wildman–Crippen MR) is 91.3 cm³/mol. The van der Waals surface area contributed by atoms with Crippen LogP contribution in [0.5, 0.6) is 0 Å². The molecule has 0 saturated heterocycles. The van der Waals surface area contributed by atoms with Gasteiger partial charge >= 0.3 is 0 Å². The third-order valence-corrected chi connectivity index (χ3v) is 3.14. The van der Waals surface area contributed by atoms with Crippen molar-refractivity contribution in [2.45, 2.75) is 33.1 Å². The highest BCUT2D eigenvalue weighted by Crippen LogP contribution is 2.22. The van der Waals surface area contributed by atoms with Crippen LogP contribution >= 0.6 is 12.2 Å². The van der Waals surface area contributed by atoms with Gasteiger partial charge in [-0.1, -0.05) is 51.1 Å². The van der Waals surface area contributed by atoms with Crippen molar-refractivity contribution in [3.05, 3.63) is 48.0 Å². The Morgan fingerprint density at radius 3 is 2.40 bits per heavy atom. The molecular formula is C16H23N3S. The maximum Gasteiger partial charge on any atom is 0.187 e. The molecule has 108 valence electrons. The molecule has 2 N–H and O–H groups in total. The van der Waals surface area contributed by atoms with Gasteiger partial charge in [-0.3, -0.25) is 5.43 Å². The third kappa shape index (κ3) is 5.13. The molecule has 0 aliphatic carbocycles. The Morgan fingerprint density at radius 1 is 1.30 bits per heavy atom. The quantitative estimate of drug-likeness (QED) is 0.386. The van der Waals surface area contributed by atoms with E-state index in [-0.39, 0.29) is 5.41 Å². The van der Waals surface area contributed by atoms with Crippen LogP contribution in [0.15, 0.2) is 42.0 Å². The largest absolute Gasteiger partial charge is 0.358 e. The molecule has 0 radical (unpaired) electrons. The molecule has 0 saturated carbocycles. The monoisotopic (exact) mass is 289 g/mol. The van der Waals surface area contributed by atoms with Gasteiger partial charge in [-0.2, -0.15) is 5.10 Å². The van der Waals surface area contributed by atoms with Crippen LogP contribution in [0.25, 0.3) is 0 Å². The van der Waals surface area contributed by atoms with E-state index in [4.69, 9.17) is 12.2 Å². The van der Waals surface area contributed by atoms with E-state index in [1.165, 1.54) is 5.56 Å². The molecule has 0 fully saturated rings. The first-order valence-corrected chi connectivity index (χ1v) is 7.05. The van der Waals surface area contributed by atoms with E-state index in [9.17, 15) is 0 Å². The summed E-state index contributed by atoms with van der Waals surface area (Å²) in [5, 5.41) is 7.73. The fourth-order valence-electron chi connectivity index (χ4n) is 1.61. The number of rotatable bonds is 4. The lowest BCUT2D eigenvalue weighted by Crippen LogP contribution is -2.32. The van der Waals surface area contributed by atoms with Crippen molar-refractivity contribution in [3.63, 3.8) is 0 Å². The molecule has 0 bridgehead atoms. The number of hydrogen-bond acceptors (Lipinski definition) is 2. The first-order chi connectivity index (χ1) is 9.34. The molecule has 1 aromatic carbocycles. The van der Waals surface area contributed by atoms with E-state index >= 15 is 0 Å². The molecule has 0 aliphatic rings. The van der Waals surface area contributed by atoms with Crippen LogP contribution in [0.4, 0.5) is 0 Å². The molecule has 1 aromatic rings. The van der Waals surface area contributed by atoms with Gasteiger partial charge in [0.25, 0.3) is 0 Å². The van der Waals surface area contributed by atoms with Crippen LogP contribution < -0.4 is 10.7 Å². The Labute approximate surface area is 127 Å². The van der Waals surface area contributed by atoms with Crippen LogP contribution in [0.2, 0.25) is 0 Å². The Bertz CT molecular complexity index is 495. The van der Waals surface area contributed by atoms with Gasteiger partial charge in [0, 0.05) is 6.54 Å². The molecular weight excluding hydrogens is 266 g/mol. The van der Waals surface area contributed by atoms with E-state index in [2.05, 4.69) is 67.5 Å². The Balaban J connectivity index is 2.70. The summed E-state index contributed by atoms with van der Waals surface area (Å²) >= 11 is 5.08. The van der Waals surface area contributed by atoms with E-state index < -0.39 is 0 Å². The van der Waals surface area contributed by atoms with Gasteiger partial charge in [0.2, 0.25) is 0 Å². The Hall–Kier alpha value is -1.68. The van der Waals surface area contributed by atoms with E-state index in [0.29, 0.717) is 11.7 Å². The molecule has 0 amide bonds. The molecule has 0 heterocycles. The van der Waals surface area contributed by atoms with E-state index in [1.807, 2.05) is 6.92 Å². The summed E-state index contributed by atoms with van der Waals surface area (Å²) in [6.45, 7) is 12.8. The molecule has 1 rings (SSSR count). The summed E-state index contributed by atoms with van der Waals surface area (Å²) in [7, 11) is 0. The zero-order valence-electron chi connectivity index (χ0n) is 12.7. The predicted octanol–water partition coefficient (Wildman–Crippen LogP) is 3.36. The van der Waals surface area contributed by atoms with Gasteiger partial charge in [0.1, 0.15) is 0 Å². The Morgan fingerprint density at radius 2 is 1.90 bits per heavy atom. The smallest absolute Gasteiger partial charge is 0.187 e. The second kappa shape index (κ2) is 7.20. The number of hydrogen-bond donors (Lipinski definition) is 2. The highest BCUT2D eigenvalue weighted by Gasteiger charge is 2.13. The molecule has 20 heavy (non-hydrogen) atoms. The second-order valence-electron chi connectivity index (χ2n) is 5.64. The second-order valence-corrected chi connectivity index (χ2v) is 6.04. The van der Waals surface area contributed by atoms with Gasteiger partial charge in [-0.05, 0) is 35.7 Å². The SMILES string of the molecule is C=CCNC(=S)N/N=C(\C)c1ccc(C(C)(C)C)cc1. The first kappa shape index (κ1) is 16.4. The molecule has 0 unspecified atom stereocenters. The van der Waals surface area contributed by atoms with Gasteiger partial charge in [-0.15, -0.1) is 6.58 Å². The lowest BCUT2D eigenvalue weighted by molar-refractivity contribution is 0.590. The van der Waals surface area contributed by atoms with Gasteiger partial charge in [0.15, 0.2) is 5.11 Å². The van der Waals surface area contributed by atoms with Crippen molar-refractivity contribution >= 4 is 23.0 Å². The van der Waals surface area contributed by atoms with Crippen LogP contribution in [0.1, 0.15) is 38.8 Å². The third-order valence-electron chi connectivity index (χ3n) is 2.90. The Kier molecular flexibility index (Phi) is 5.89. The zero-order chi connectivity index (χ0) is 15.2. The van der Waals surface area contributed by atoms with Gasteiger partial charge in [0.05, 0.1) is 5.71 Å². The molecule has 0 spiro atoms. The summed E-state index contributed by atoms with van der Waals surface area (Å²) in [6, 6.07) is 8.45. The molecule has 0 atom stereocenters. The van der Waals surface area contributed by atoms with Gasteiger partial charge < -0.3 is 5.32 Å². The summed E-state index contributed by atoms with van der Waals surface area (Å²) in [5.41, 5.74) is 6.27. The summed E-state index contributed by atoms with van der Waals surface area (Å²) in [6.07, 6.45) is 1.75. The van der Waals surface area contributed by atoms with Gasteiger partial charge in [-0.25, -0.2) is 0 Å². The van der Waals surface area contributed by atoms with Crippen molar-refractivity contribution in [1.82, 2.24) is 10.7 Å². The average Bonchev–Trinajstić information content (AvgIpc) is 2.41. The molecule has 3 nitrogen and oxygen atoms in total. The fraction of sp³-hybridized carbons (Fsp3) is 0.375. The molecule has 0 aromatic heterocycles. The van der Waals surface area contributed by atoms with Crippen LogP contribution in [-0.2, 0) is 5.41 Å². The highest BCUT2D eigenvalue weighted by atomic mass is 32.1. The fourth-order valence-corrected chi connectivity index (χ4v) is 1.74. The number of nitrogens with zero attached hydrogens (tertiary/aromatic N) is 1. The number of thiocarbonyl (C=S) groups is 1. The van der Waals surface area contributed by atoms with Crippen molar-refractivity contribution < 1.29 is 0 Å². The number of benzene rings is 1. The van der Waals surface area contributed by atoms with Crippen molar-refractivity contribution in [2.75, 3.05) is 6.54 Å². The topological polar surface area (TPSA) is 36.4 Å². The summed E-state index contributed by atoms with van der Waals surface area (Å²) in [4.78, 5) is 0. The van der Waals surface area contributed by atoms with Crippen molar-refractivity contribution in [2.24, 2.45) is 5.10 Å². The summed E-state index contributed by atoms with van der Waals surface area (Å²) in [5.74, 6) is 0.